The second-order valence-corrected chi connectivity index (χ2v) is 6.63. The second-order valence-electron chi connectivity index (χ2n) is 6.63. The Hall–Kier alpha value is -3.55. The standard InChI is InChI=1S/C20H19N5O3/c21-19(26)18-11-14(5-6-22-18)28-15-2-1-9-25(12-15)20(27)13-3-4-16-17(10-13)24-8-7-23-16/h3-8,10-11,15H,1-2,9,12H2,(H2,21,26). The molecule has 0 spiro atoms. The number of rotatable bonds is 4. The second kappa shape index (κ2) is 7.59. The van der Waals surface area contributed by atoms with Crippen molar-refractivity contribution in [2.75, 3.05) is 13.1 Å². The highest BCUT2D eigenvalue weighted by molar-refractivity contribution is 5.97. The molecule has 1 saturated heterocycles. The van der Waals surface area contributed by atoms with E-state index in [-0.39, 0.29) is 17.7 Å². The monoisotopic (exact) mass is 377 g/mol. The molecule has 3 aromatic rings. The minimum absolute atomic E-state index is 0.0617. The van der Waals surface area contributed by atoms with Gasteiger partial charge in [0.2, 0.25) is 0 Å². The molecule has 2 aromatic heterocycles. The van der Waals surface area contributed by atoms with Crippen molar-refractivity contribution in [3.63, 3.8) is 0 Å². The minimum atomic E-state index is -0.606. The summed E-state index contributed by atoms with van der Waals surface area (Å²) in [6, 6.07) is 8.53. The van der Waals surface area contributed by atoms with Crippen LogP contribution < -0.4 is 10.5 Å². The summed E-state index contributed by atoms with van der Waals surface area (Å²) < 4.78 is 5.97. The lowest BCUT2D eigenvalue weighted by molar-refractivity contribution is 0.0538. The van der Waals surface area contributed by atoms with Gasteiger partial charge in [-0.15, -0.1) is 0 Å². The Morgan fingerprint density at radius 1 is 1.04 bits per heavy atom. The van der Waals surface area contributed by atoms with Gasteiger partial charge in [0.15, 0.2) is 0 Å². The number of hydrogen-bond donors (Lipinski definition) is 1. The van der Waals surface area contributed by atoms with Gasteiger partial charge in [-0.25, -0.2) is 0 Å². The van der Waals surface area contributed by atoms with Gasteiger partial charge in [-0.1, -0.05) is 0 Å². The van der Waals surface area contributed by atoms with Crippen molar-refractivity contribution in [1.82, 2.24) is 19.9 Å². The lowest BCUT2D eigenvalue weighted by Crippen LogP contribution is -2.44. The lowest BCUT2D eigenvalue weighted by Gasteiger charge is -2.33. The zero-order valence-electron chi connectivity index (χ0n) is 15.1. The predicted molar refractivity (Wildman–Crippen MR) is 102 cm³/mol. The first-order valence-electron chi connectivity index (χ1n) is 9.03. The smallest absolute Gasteiger partial charge is 0.267 e. The van der Waals surface area contributed by atoms with Crippen molar-refractivity contribution in [1.29, 1.82) is 0 Å². The number of carbonyl (C=O) groups is 2. The molecule has 28 heavy (non-hydrogen) atoms. The number of amides is 2. The molecule has 1 aliphatic heterocycles. The number of piperidine rings is 1. The summed E-state index contributed by atoms with van der Waals surface area (Å²) in [5, 5.41) is 0. The van der Waals surface area contributed by atoms with E-state index in [9.17, 15) is 9.59 Å². The Morgan fingerprint density at radius 3 is 2.68 bits per heavy atom. The van der Waals surface area contributed by atoms with Gasteiger partial charge in [0.1, 0.15) is 17.5 Å². The summed E-state index contributed by atoms with van der Waals surface area (Å²) in [7, 11) is 0. The normalized spacial score (nSPS) is 16.7. The Balaban J connectivity index is 1.47. The third-order valence-corrected chi connectivity index (χ3v) is 4.67. The van der Waals surface area contributed by atoms with E-state index >= 15 is 0 Å². The number of fused-ring (bicyclic) bond motifs is 1. The minimum Gasteiger partial charge on any atom is -0.488 e. The summed E-state index contributed by atoms with van der Waals surface area (Å²) in [4.78, 5) is 38.4. The van der Waals surface area contributed by atoms with Crippen LogP contribution in [-0.4, -0.2) is 50.9 Å². The number of aromatic nitrogens is 3. The fourth-order valence-electron chi connectivity index (χ4n) is 3.31. The first kappa shape index (κ1) is 17.8. The molecule has 2 N–H and O–H groups in total. The van der Waals surface area contributed by atoms with Crippen LogP contribution in [0.25, 0.3) is 11.0 Å². The number of nitrogens with zero attached hydrogens (tertiary/aromatic N) is 4. The van der Waals surface area contributed by atoms with Crippen LogP contribution in [0.4, 0.5) is 0 Å². The van der Waals surface area contributed by atoms with Gasteiger partial charge in [-0.05, 0) is 37.1 Å². The zero-order valence-corrected chi connectivity index (χ0v) is 15.1. The van der Waals surface area contributed by atoms with Crippen molar-refractivity contribution >= 4 is 22.8 Å². The number of carbonyl (C=O) groups excluding carboxylic acids is 2. The van der Waals surface area contributed by atoms with Gasteiger partial charge in [0, 0.05) is 36.8 Å². The van der Waals surface area contributed by atoms with Crippen molar-refractivity contribution < 1.29 is 14.3 Å². The predicted octanol–water partition coefficient (Wildman–Crippen LogP) is 1.81. The first-order chi connectivity index (χ1) is 13.6. The summed E-state index contributed by atoms with van der Waals surface area (Å²) in [6.45, 7) is 1.13. The molecule has 3 heterocycles. The maximum Gasteiger partial charge on any atom is 0.267 e. The van der Waals surface area contributed by atoms with Crippen LogP contribution in [-0.2, 0) is 0 Å². The molecule has 0 aliphatic carbocycles. The molecular formula is C20H19N5O3. The number of hydrogen-bond acceptors (Lipinski definition) is 6. The molecule has 1 aromatic carbocycles. The molecule has 1 aliphatic rings. The molecule has 8 nitrogen and oxygen atoms in total. The third-order valence-electron chi connectivity index (χ3n) is 4.67. The number of ether oxygens (including phenoxy) is 1. The van der Waals surface area contributed by atoms with Crippen LogP contribution in [0.2, 0.25) is 0 Å². The fourth-order valence-corrected chi connectivity index (χ4v) is 3.31. The summed E-state index contributed by atoms with van der Waals surface area (Å²) in [5.41, 5.74) is 7.43. The van der Waals surface area contributed by atoms with Crippen LogP contribution in [0, 0.1) is 0 Å². The van der Waals surface area contributed by atoms with E-state index in [0.717, 1.165) is 18.4 Å². The van der Waals surface area contributed by atoms with Crippen molar-refractivity contribution in [2.45, 2.75) is 18.9 Å². The third kappa shape index (κ3) is 3.75. The molecule has 0 bridgehead atoms. The highest BCUT2D eigenvalue weighted by atomic mass is 16.5. The van der Waals surface area contributed by atoms with E-state index in [1.807, 2.05) is 0 Å². The first-order valence-corrected chi connectivity index (χ1v) is 9.03. The molecule has 1 unspecified atom stereocenters. The molecular weight excluding hydrogens is 358 g/mol. The van der Waals surface area contributed by atoms with E-state index in [2.05, 4.69) is 15.0 Å². The molecule has 1 atom stereocenters. The van der Waals surface area contributed by atoms with E-state index in [0.29, 0.717) is 29.9 Å². The molecule has 142 valence electrons. The molecule has 0 saturated carbocycles. The zero-order chi connectivity index (χ0) is 19.5. The van der Waals surface area contributed by atoms with Gasteiger partial charge in [0.05, 0.1) is 17.6 Å². The van der Waals surface area contributed by atoms with E-state index in [1.54, 1.807) is 41.6 Å². The van der Waals surface area contributed by atoms with Crippen LogP contribution in [0.1, 0.15) is 33.7 Å². The van der Waals surface area contributed by atoms with Crippen LogP contribution in [0.15, 0.2) is 48.9 Å². The van der Waals surface area contributed by atoms with Gasteiger partial charge in [-0.3, -0.25) is 24.5 Å². The van der Waals surface area contributed by atoms with Crippen molar-refractivity contribution in [3.8, 4) is 5.75 Å². The van der Waals surface area contributed by atoms with Gasteiger partial charge in [0.25, 0.3) is 11.8 Å². The Labute approximate surface area is 161 Å². The van der Waals surface area contributed by atoms with Crippen LogP contribution >= 0.6 is 0 Å². The number of benzene rings is 1. The number of pyridine rings is 1. The highest BCUT2D eigenvalue weighted by Gasteiger charge is 2.26. The number of likely N-dealkylation sites (tertiary alicyclic amines) is 1. The Morgan fingerprint density at radius 2 is 1.86 bits per heavy atom. The molecule has 8 heteroatoms. The van der Waals surface area contributed by atoms with Gasteiger partial charge >= 0.3 is 0 Å². The fraction of sp³-hybridized carbons (Fsp3) is 0.250. The molecule has 4 rings (SSSR count). The number of primary amides is 1. The van der Waals surface area contributed by atoms with Crippen LogP contribution in [0.5, 0.6) is 5.75 Å². The quantitative estimate of drug-likeness (QED) is 0.742. The summed E-state index contributed by atoms with van der Waals surface area (Å²) in [5.74, 6) is -0.150. The van der Waals surface area contributed by atoms with E-state index in [4.69, 9.17) is 10.5 Å². The van der Waals surface area contributed by atoms with E-state index < -0.39 is 5.91 Å². The average molecular weight is 377 g/mol. The highest BCUT2D eigenvalue weighted by Crippen LogP contribution is 2.21. The molecule has 1 fully saturated rings. The lowest BCUT2D eigenvalue weighted by atomic mass is 10.1. The van der Waals surface area contributed by atoms with Gasteiger partial charge in [-0.2, -0.15) is 0 Å². The largest absolute Gasteiger partial charge is 0.488 e. The maximum atomic E-state index is 12.9. The van der Waals surface area contributed by atoms with Crippen molar-refractivity contribution in [2.24, 2.45) is 5.73 Å². The molecule has 2 amide bonds. The van der Waals surface area contributed by atoms with Crippen molar-refractivity contribution in [3.05, 3.63) is 60.2 Å². The summed E-state index contributed by atoms with van der Waals surface area (Å²) in [6.07, 6.45) is 6.20. The maximum absolute atomic E-state index is 12.9. The van der Waals surface area contributed by atoms with Gasteiger partial charge < -0.3 is 15.4 Å². The average Bonchev–Trinajstić information content (AvgIpc) is 2.73. The van der Waals surface area contributed by atoms with E-state index in [1.165, 1.54) is 12.3 Å². The SMILES string of the molecule is NC(=O)c1cc(OC2CCCN(C(=O)c3ccc4nccnc4c3)C2)ccn1. The topological polar surface area (TPSA) is 111 Å². The molecule has 0 radical (unpaired) electrons. The summed E-state index contributed by atoms with van der Waals surface area (Å²) >= 11 is 0. The van der Waals surface area contributed by atoms with Crippen LogP contribution in [0.3, 0.4) is 0 Å². The Kier molecular flexibility index (Phi) is 4.84. The number of nitrogens with two attached hydrogens (primary N) is 1. The Bertz CT molecular complexity index is 1040.